The van der Waals surface area contributed by atoms with Crippen molar-refractivity contribution in [1.29, 1.82) is 0 Å². The summed E-state index contributed by atoms with van der Waals surface area (Å²) in [5.74, 6) is 0.741. The summed E-state index contributed by atoms with van der Waals surface area (Å²) in [6, 6.07) is 10.1. The zero-order valence-electron chi connectivity index (χ0n) is 17.6. The van der Waals surface area contributed by atoms with Gasteiger partial charge in [-0.1, -0.05) is 35.9 Å². The number of hydrogen-bond acceptors (Lipinski definition) is 5. The molecule has 33 heavy (non-hydrogen) atoms. The molecule has 0 radical (unpaired) electrons. The van der Waals surface area contributed by atoms with Crippen LogP contribution in [-0.4, -0.2) is 28.7 Å². The highest BCUT2D eigenvalue weighted by molar-refractivity contribution is 5.98. The van der Waals surface area contributed by atoms with Crippen molar-refractivity contribution >= 4 is 11.7 Å². The molecule has 10 heteroatoms. The van der Waals surface area contributed by atoms with E-state index in [2.05, 4.69) is 15.7 Å². The molecular weight excluding hydrogens is 437 g/mol. The summed E-state index contributed by atoms with van der Waals surface area (Å²) in [4.78, 5) is 12.9. The molecule has 2 N–H and O–H groups in total. The van der Waals surface area contributed by atoms with Crippen LogP contribution in [0.5, 0.6) is 11.5 Å². The Morgan fingerprint density at radius 1 is 1.18 bits per heavy atom. The highest BCUT2D eigenvalue weighted by atomic mass is 19.4. The van der Waals surface area contributed by atoms with Crippen molar-refractivity contribution in [2.24, 2.45) is 0 Å². The summed E-state index contributed by atoms with van der Waals surface area (Å²) in [7, 11) is 0. The highest BCUT2D eigenvalue weighted by Gasteiger charge is 2.47. The van der Waals surface area contributed by atoms with Crippen LogP contribution in [0.4, 0.5) is 19.0 Å². The molecule has 172 valence electrons. The van der Waals surface area contributed by atoms with Crippen molar-refractivity contribution in [2.45, 2.75) is 38.1 Å². The Kier molecular flexibility index (Phi) is 5.15. The molecule has 5 rings (SSSR count). The molecular formula is C23H21F3N4O3. The lowest BCUT2D eigenvalue weighted by molar-refractivity contribution is -0.173. The van der Waals surface area contributed by atoms with Crippen molar-refractivity contribution < 1.29 is 27.4 Å². The Morgan fingerprint density at radius 3 is 2.70 bits per heavy atom. The molecule has 0 spiro atoms. The predicted octanol–water partition coefficient (Wildman–Crippen LogP) is 4.51. The SMILES string of the molecule is Cc1ccc([C@@H]2C[C@@H](C(F)(F)F)n3ncc(C(=O)NCc4ccc5c(c4)OCO5)c3N2)cc1. The third kappa shape index (κ3) is 4.08. The van der Waals surface area contributed by atoms with E-state index in [0.29, 0.717) is 17.1 Å². The molecule has 2 atom stereocenters. The predicted molar refractivity (Wildman–Crippen MR) is 113 cm³/mol. The Balaban J connectivity index is 1.39. The topological polar surface area (TPSA) is 77.4 Å². The second-order valence-corrected chi connectivity index (χ2v) is 8.12. The number of halogens is 3. The standard InChI is InChI=1S/C23H21F3N4O3/c1-13-2-5-15(6-3-13)17-9-20(23(24,25)26)30-21(29-17)16(11-28-30)22(31)27-10-14-4-7-18-19(8-14)33-12-32-18/h2-8,11,17,20,29H,9-10,12H2,1H3,(H,27,31)/t17-,20-/m0/s1. The van der Waals surface area contributed by atoms with E-state index in [1.54, 1.807) is 30.3 Å². The first-order valence-corrected chi connectivity index (χ1v) is 10.4. The van der Waals surface area contributed by atoms with E-state index in [1.807, 2.05) is 19.1 Å². The van der Waals surface area contributed by atoms with Crippen LogP contribution in [0.2, 0.25) is 0 Å². The monoisotopic (exact) mass is 458 g/mol. The first kappa shape index (κ1) is 21.2. The van der Waals surface area contributed by atoms with Gasteiger partial charge in [-0.15, -0.1) is 0 Å². The van der Waals surface area contributed by atoms with Crippen LogP contribution < -0.4 is 20.1 Å². The van der Waals surface area contributed by atoms with Crippen molar-refractivity contribution in [3.05, 3.63) is 70.9 Å². The maximum Gasteiger partial charge on any atom is 0.410 e. The summed E-state index contributed by atoms with van der Waals surface area (Å²) < 4.78 is 53.0. The number of anilines is 1. The van der Waals surface area contributed by atoms with Crippen molar-refractivity contribution in [1.82, 2.24) is 15.1 Å². The van der Waals surface area contributed by atoms with Crippen LogP contribution in [0, 0.1) is 6.92 Å². The molecule has 7 nitrogen and oxygen atoms in total. The normalized spacial score (nSPS) is 19.0. The lowest BCUT2D eigenvalue weighted by Gasteiger charge is -2.34. The fraction of sp³-hybridized carbons (Fsp3) is 0.304. The molecule has 0 bridgehead atoms. The number of ether oxygens (including phenoxy) is 2. The van der Waals surface area contributed by atoms with Crippen molar-refractivity contribution in [3.63, 3.8) is 0 Å². The van der Waals surface area contributed by atoms with Crippen molar-refractivity contribution in [2.75, 3.05) is 12.1 Å². The highest BCUT2D eigenvalue weighted by Crippen LogP contribution is 2.44. The van der Waals surface area contributed by atoms with Gasteiger partial charge in [0.15, 0.2) is 17.5 Å². The Bertz CT molecular complexity index is 1190. The summed E-state index contributed by atoms with van der Waals surface area (Å²) >= 11 is 0. The van der Waals surface area contributed by atoms with E-state index >= 15 is 0 Å². The van der Waals surface area contributed by atoms with Crippen LogP contribution >= 0.6 is 0 Å². The van der Waals surface area contributed by atoms with Gasteiger partial charge in [0.25, 0.3) is 5.91 Å². The molecule has 1 aromatic heterocycles. The lowest BCUT2D eigenvalue weighted by atomic mass is 9.96. The maximum atomic E-state index is 13.9. The molecule has 0 fully saturated rings. The largest absolute Gasteiger partial charge is 0.454 e. The lowest BCUT2D eigenvalue weighted by Crippen LogP contribution is -2.36. The molecule has 0 saturated heterocycles. The molecule has 0 aliphatic carbocycles. The van der Waals surface area contributed by atoms with Crippen LogP contribution in [0.15, 0.2) is 48.7 Å². The number of rotatable bonds is 4. The van der Waals surface area contributed by atoms with Crippen LogP contribution in [0.25, 0.3) is 0 Å². The summed E-state index contributed by atoms with van der Waals surface area (Å²) in [6.07, 6.45) is -3.56. The average molecular weight is 458 g/mol. The van der Waals surface area contributed by atoms with E-state index in [0.717, 1.165) is 15.8 Å². The molecule has 0 saturated carbocycles. The molecule has 1 amide bonds. The fourth-order valence-electron chi connectivity index (χ4n) is 4.07. The van der Waals surface area contributed by atoms with Gasteiger partial charge >= 0.3 is 6.18 Å². The first-order chi connectivity index (χ1) is 15.8. The second-order valence-electron chi connectivity index (χ2n) is 8.12. The number of aromatic nitrogens is 2. The van der Waals surface area contributed by atoms with E-state index in [-0.39, 0.29) is 31.1 Å². The van der Waals surface area contributed by atoms with E-state index in [1.165, 1.54) is 6.20 Å². The maximum absolute atomic E-state index is 13.9. The van der Waals surface area contributed by atoms with Crippen LogP contribution in [-0.2, 0) is 6.54 Å². The van der Waals surface area contributed by atoms with Gasteiger partial charge < -0.3 is 20.1 Å². The number of hydrogen-bond donors (Lipinski definition) is 2. The van der Waals surface area contributed by atoms with Gasteiger partial charge in [0.2, 0.25) is 6.79 Å². The number of nitrogens with one attached hydrogen (secondary N) is 2. The number of fused-ring (bicyclic) bond motifs is 2. The number of alkyl halides is 3. The molecule has 2 aliphatic heterocycles. The smallest absolute Gasteiger partial charge is 0.410 e. The third-order valence-corrected chi connectivity index (χ3v) is 5.85. The van der Waals surface area contributed by atoms with Gasteiger partial charge in [-0.2, -0.15) is 18.3 Å². The molecule has 2 aliphatic rings. The zero-order valence-corrected chi connectivity index (χ0v) is 17.6. The molecule has 2 aromatic carbocycles. The van der Waals surface area contributed by atoms with E-state index in [9.17, 15) is 18.0 Å². The van der Waals surface area contributed by atoms with Crippen LogP contribution in [0.1, 0.15) is 45.6 Å². The summed E-state index contributed by atoms with van der Waals surface area (Å²) in [5, 5.41) is 9.75. The van der Waals surface area contributed by atoms with Gasteiger partial charge in [-0.3, -0.25) is 4.79 Å². The van der Waals surface area contributed by atoms with Gasteiger partial charge in [-0.05, 0) is 30.2 Å². The zero-order chi connectivity index (χ0) is 23.2. The summed E-state index contributed by atoms with van der Waals surface area (Å²) in [6.45, 7) is 2.22. The quantitative estimate of drug-likeness (QED) is 0.602. The second kappa shape index (κ2) is 8.02. The van der Waals surface area contributed by atoms with Gasteiger partial charge in [0.05, 0.1) is 12.2 Å². The van der Waals surface area contributed by atoms with Gasteiger partial charge in [0, 0.05) is 13.0 Å². The number of amides is 1. The number of benzene rings is 2. The third-order valence-electron chi connectivity index (χ3n) is 5.85. The number of nitrogens with zero attached hydrogens (tertiary/aromatic N) is 2. The Morgan fingerprint density at radius 2 is 1.94 bits per heavy atom. The average Bonchev–Trinajstić information content (AvgIpc) is 3.43. The molecule has 0 unspecified atom stereocenters. The fourth-order valence-corrected chi connectivity index (χ4v) is 4.07. The molecule has 3 heterocycles. The van der Waals surface area contributed by atoms with Gasteiger partial charge in [0.1, 0.15) is 11.4 Å². The Labute approximate surface area is 187 Å². The van der Waals surface area contributed by atoms with Crippen molar-refractivity contribution in [3.8, 4) is 11.5 Å². The van der Waals surface area contributed by atoms with E-state index in [4.69, 9.17) is 9.47 Å². The summed E-state index contributed by atoms with van der Waals surface area (Å²) in [5.41, 5.74) is 2.55. The van der Waals surface area contributed by atoms with E-state index < -0.39 is 24.2 Å². The minimum Gasteiger partial charge on any atom is -0.454 e. The Hall–Kier alpha value is -3.69. The first-order valence-electron chi connectivity index (χ1n) is 10.4. The van der Waals surface area contributed by atoms with Gasteiger partial charge in [-0.25, -0.2) is 4.68 Å². The minimum atomic E-state index is -4.51. The molecule has 3 aromatic rings. The van der Waals surface area contributed by atoms with Crippen LogP contribution in [0.3, 0.4) is 0 Å². The number of carbonyl (C=O) groups excluding carboxylic acids is 1. The minimum absolute atomic E-state index is 0.0531. The number of carbonyl (C=O) groups is 1. The number of aryl methyl sites for hydroxylation is 1.